The minimum atomic E-state index is -1.14. The lowest BCUT2D eigenvalue weighted by molar-refractivity contribution is -0.133. The van der Waals surface area contributed by atoms with E-state index in [2.05, 4.69) is 4.98 Å². The molecule has 1 saturated heterocycles. The predicted molar refractivity (Wildman–Crippen MR) is 64.7 cm³/mol. The van der Waals surface area contributed by atoms with E-state index in [0.29, 0.717) is 13.1 Å². The van der Waals surface area contributed by atoms with Crippen LogP contribution in [-0.2, 0) is 4.79 Å². The number of pyridine rings is 1. The van der Waals surface area contributed by atoms with E-state index in [-0.39, 0.29) is 29.6 Å². The molecule has 1 aliphatic rings. The maximum atomic E-state index is 12.1. The number of carboxylic acid groups (broad SMARTS) is 1. The Balaban J connectivity index is 2.11. The molecule has 1 aromatic rings. The summed E-state index contributed by atoms with van der Waals surface area (Å²) in [5.41, 5.74) is 0.161. The topological polar surface area (TPSA) is 90.8 Å². The summed E-state index contributed by atoms with van der Waals surface area (Å²) in [4.78, 5) is 41.0. The second kappa shape index (κ2) is 5.05. The van der Waals surface area contributed by atoms with Gasteiger partial charge in [0.1, 0.15) is 12.2 Å². The van der Waals surface area contributed by atoms with Crippen LogP contribution in [-0.4, -0.2) is 64.4 Å². The summed E-state index contributed by atoms with van der Waals surface area (Å²) in [5.74, 6) is -1.57. The number of hydrogen-bond acceptors (Lipinski definition) is 4. The Kier molecular flexibility index (Phi) is 3.46. The monoisotopic (exact) mass is 263 g/mol. The second-order valence-electron chi connectivity index (χ2n) is 4.28. The fourth-order valence-corrected chi connectivity index (χ4v) is 1.76. The van der Waals surface area contributed by atoms with Crippen LogP contribution in [0, 0.1) is 0 Å². The zero-order chi connectivity index (χ0) is 14.0. The highest BCUT2D eigenvalue weighted by Crippen LogP contribution is 2.08. The molecule has 0 bridgehead atoms. The van der Waals surface area contributed by atoms with Crippen LogP contribution in [0.4, 0.5) is 0 Å². The Morgan fingerprint density at radius 1 is 1.32 bits per heavy atom. The molecule has 1 N–H and O–H groups in total. The average molecular weight is 263 g/mol. The molecule has 7 nitrogen and oxygen atoms in total. The fraction of sp³-hybridized carbons (Fsp3) is 0.333. The van der Waals surface area contributed by atoms with Gasteiger partial charge < -0.3 is 14.9 Å². The first-order chi connectivity index (χ1) is 8.99. The summed E-state index contributed by atoms with van der Waals surface area (Å²) in [5, 5.41) is 8.72. The molecule has 1 aromatic heterocycles. The van der Waals surface area contributed by atoms with Crippen LogP contribution in [0.15, 0.2) is 18.3 Å². The number of likely N-dealkylation sites (N-methyl/N-ethyl adjacent to an activating group) is 1. The van der Waals surface area contributed by atoms with Crippen molar-refractivity contribution in [2.24, 2.45) is 0 Å². The van der Waals surface area contributed by atoms with Gasteiger partial charge in [-0.05, 0) is 12.1 Å². The molecule has 100 valence electrons. The molecule has 7 heteroatoms. The zero-order valence-corrected chi connectivity index (χ0v) is 10.4. The molecule has 0 radical (unpaired) electrons. The molecule has 0 aliphatic carbocycles. The van der Waals surface area contributed by atoms with Crippen LogP contribution in [0.5, 0.6) is 0 Å². The van der Waals surface area contributed by atoms with Gasteiger partial charge in [0.05, 0.1) is 5.56 Å². The second-order valence-corrected chi connectivity index (χ2v) is 4.28. The largest absolute Gasteiger partial charge is 0.477 e. The number of carbonyl (C=O) groups is 3. The minimum Gasteiger partial charge on any atom is -0.477 e. The van der Waals surface area contributed by atoms with Crippen molar-refractivity contribution in [2.75, 3.05) is 26.7 Å². The van der Waals surface area contributed by atoms with Crippen molar-refractivity contribution in [1.29, 1.82) is 0 Å². The Morgan fingerprint density at radius 3 is 2.58 bits per heavy atom. The van der Waals surface area contributed by atoms with E-state index in [0.717, 1.165) is 0 Å². The highest BCUT2D eigenvalue weighted by molar-refractivity contribution is 5.97. The summed E-state index contributed by atoms with van der Waals surface area (Å²) in [6.07, 6.45) is 1.22. The van der Waals surface area contributed by atoms with E-state index in [1.807, 2.05) is 0 Å². The number of nitrogens with zero attached hydrogens (tertiary/aromatic N) is 3. The SMILES string of the molecule is CN1CCN(C(=O)c2ccc(C(=O)O)nc2)CC1=O. The van der Waals surface area contributed by atoms with Crippen molar-refractivity contribution in [3.8, 4) is 0 Å². The van der Waals surface area contributed by atoms with Gasteiger partial charge >= 0.3 is 5.97 Å². The Morgan fingerprint density at radius 2 is 2.05 bits per heavy atom. The van der Waals surface area contributed by atoms with Gasteiger partial charge in [-0.1, -0.05) is 0 Å². The first kappa shape index (κ1) is 13.0. The molecule has 0 saturated carbocycles. The first-order valence-corrected chi connectivity index (χ1v) is 5.71. The molecular weight excluding hydrogens is 250 g/mol. The van der Waals surface area contributed by atoms with Crippen LogP contribution in [0.25, 0.3) is 0 Å². The van der Waals surface area contributed by atoms with Gasteiger partial charge in [0, 0.05) is 26.3 Å². The molecule has 0 atom stereocenters. The highest BCUT2D eigenvalue weighted by Gasteiger charge is 2.25. The summed E-state index contributed by atoms with van der Waals surface area (Å²) in [6, 6.07) is 2.68. The third-order valence-corrected chi connectivity index (χ3v) is 2.97. The summed E-state index contributed by atoms with van der Waals surface area (Å²) >= 11 is 0. The quantitative estimate of drug-likeness (QED) is 0.790. The lowest BCUT2D eigenvalue weighted by Crippen LogP contribution is -2.50. The number of carbonyl (C=O) groups excluding carboxylic acids is 2. The van der Waals surface area contributed by atoms with E-state index in [1.165, 1.54) is 23.2 Å². The van der Waals surface area contributed by atoms with E-state index in [1.54, 1.807) is 11.9 Å². The fourth-order valence-electron chi connectivity index (χ4n) is 1.76. The van der Waals surface area contributed by atoms with Crippen LogP contribution in [0.2, 0.25) is 0 Å². The molecule has 0 aromatic carbocycles. The van der Waals surface area contributed by atoms with Crippen molar-refractivity contribution in [3.63, 3.8) is 0 Å². The first-order valence-electron chi connectivity index (χ1n) is 5.71. The van der Waals surface area contributed by atoms with Crippen molar-refractivity contribution in [3.05, 3.63) is 29.6 Å². The number of piperazine rings is 1. The maximum absolute atomic E-state index is 12.1. The van der Waals surface area contributed by atoms with Crippen molar-refractivity contribution in [2.45, 2.75) is 0 Å². The van der Waals surface area contributed by atoms with Gasteiger partial charge in [-0.15, -0.1) is 0 Å². The maximum Gasteiger partial charge on any atom is 0.354 e. The predicted octanol–water partition coefficient (Wildman–Crippen LogP) is -0.306. The molecule has 0 spiro atoms. The van der Waals surface area contributed by atoms with Gasteiger partial charge in [0.25, 0.3) is 5.91 Å². The number of carboxylic acids is 1. The number of rotatable bonds is 2. The van der Waals surface area contributed by atoms with E-state index < -0.39 is 5.97 Å². The molecule has 1 fully saturated rings. The zero-order valence-electron chi connectivity index (χ0n) is 10.4. The molecule has 19 heavy (non-hydrogen) atoms. The lowest BCUT2D eigenvalue weighted by atomic mass is 10.2. The molecule has 2 heterocycles. The normalized spacial score (nSPS) is 15.5. The Labute approximate surface area is 109 Å². The molecule has 1 aliphatic heterocycles. The third-order valence-electron chi connectivity index (χ3n) is 2.97. The summed E-state index contributed by atoms with van der Waals surface area (Å²) in [7, 11) is 1.69. The van der Waals surface area contributed by atoms with E-state index >= 15 is 0 Å². The number of hydrogen-bond donors (Lipinski definition) is 1. The standard InChI is InChI=1S/C12H13N3O4/c1-14-4-5-15(7-10(14)16)11(17)8-2-3-9(12(18)19)13-6-8/h2-3,6H,4-5,7H2,1H3,(H,18,19). The summed E-state index contributed by atoms with van der Waals surface area (Å²) in [6.45, 7) is 0.989. The number of aromatic nitrogens is 1. The van der Waals surface area contributed by atoms with Gasteiger partial charge in [-0.25, -0.2) is 9.78 Å². The molecule has 2 amide bonds. The van der Waals surface area contributed by atoms with Crippen molar-refractivity contribution >= 4 is 17.8 Å². The molecule has 0 unspecified atom stereocenters. The number of amides is 2. The third kappa shape index (κ3) is 2.70. The van der Waals surface area contributed by atoms with Crippen LogP contribution in [0.3, 0.4) is 0 Å². The Hall–Kier alpha value is -2.44. The van der Waals surface area contributed by atoms with Crippen LogP contribution in [0.1, 0.15) is 20.8 Å². The van der Waals surface area contributed by atoms with Gasteiger partial charge in [-0.3, -0.25) is 9.59 Å². The summed E-state index contributed by atoms with van der Waals surface area (Å²) < 4.78 is 0. The number of aromatic carboxylic acids is 1. The van der Waals surface area contributed by atoms with Crippen LogP contribution < -0.4 is 0 Å². The van der Waals surface area contributed by atoms with Gasteiger partial charge in [-0.2, -0.15) is 0 Å². The Bertz CT molecular complexity index is 526. The van der Waals surface area contributed by atoms with E-state index in [9.17, 15) is 14.4 Å². The van der Waals surface area contributed by atoms with Gasteiger partial charge in [0.15, 0.2) is 0 Å². The van der Waals surface area contributed by atoms with Gasteiger partial charge in [0.2, 0.25) is 5.91 Å². The molecular formula is C12H13N3O4. The highest BCUT2D eigenvalue weighted by atomic mass is 16.4. The molecule has 2 rings (SSSR count). The smallest absolute Gasteiger partial charge is 0.354 e. The van der Waals surface area contributed by atoms with E-state index in [4.69, 9.17) is 5.11 Å². The lowest BCUT2D eigenvalue weighted by Gasteiger charge is -2.31. The van der Waals surface area contributed by atoms with Crippen LogP contribution >= 0.6 is 0 Å². The van der Waals surface area contributed by atoms with Crippen molar-refractivity contribution < 1.29 is 19.5 Å². The van der Waals surface area contributed by atoms with Crippen molar-refractivity contribution in [1.82, 2.24) is 14.8 Å². The average Bonchev–Trinajstić information content (AvgIpc) is 2.41. The minimum absolute atomic E-state index is 0.0377.